The minimum absolute atomic E-state index is 0.0658. The van der Waals surface area contributed by atoms with E-state index in [2.05, 4.69) is 12.2 Å². The number of nitrogens with one attached hydrogen (secondary N) is 1. The van der Waals surface area contributed by atoms with Crippen molar-refractivity contribution in [3.8, 4) is 0 Å². The maximum atomic E-state index is 11.8. The van der Waals surface area contributed by atoms with Crippen molar-refractivity contribution < 1.29 is 4.79 Å². The smallest absolute Gasteiger partial charge is 0.224 e. The van der Waals surface area contributed by atoms with Gasteiger partial charge in [-0.25, -0.2) is 0 Å². The summed E-state index contributed by atoms with van der Waals surface area (Å²) in [6.45, 7) is 6.00. The summed E-state index contributed by atoms with van der Waals surface area (Å²) in [5.41, 5.74) is 5.72. The van der Waals surface area contributed by atoms with E-state index in [-0.39, 0.29) is 17.9 Å². The Morgan fingerprint density at radius 3 is 2.47 bits per heavy atom. The molecule has 1 rings (SSSR count). The van der Waals surface area contributed by atoms with E-state index in [9.17, 15) is 4.79 Å². The summed E-state index contributed by atoms with van der Waals surface area (Å²) >= 11 is 0. The number of carbonyl (C=O) groups is 1. The molecule has 3 heteroatoms. The first-order valence-electron chi connectivity index (χ1n) is 6.08. The van der Waals surface area contributed by atoms with Crippen molar-refractivity contribution in [1.82, 2.24) is 5.32 Å². The van der Waals surface area contributed by atoms with Crippen LogP contribution in [0.2, 0.25) is 0 Å². The highest BCUT2D eigenvalue weighted by Gasteiger charge is 2.25. The molecule has 1 aliphatic carbocycles. The van der Waals surface area contributed by atoms with E-state index in [1.165, 1.54) is 19.3 Å². The highest BCUT2D eigenvalue weighted by molar-refractivity contribution is 5.79. The van der Waals surface area contributed by atoms with E-state index in [0.29, 0.717) is 12.0 Å². The molecule has 0 aromatic heterocycles. The highest BCUT2D eigenvalue weighted by atomic mass is 16.1. The molecule has 1 fully saturated rings. The van der Waals surface area contributed by atoms with Crippen LogP contribution in [0.4, 0.5) is 0 Å². The summed E-state index contributed by atoms with van der Waals surface area (Å²) in [5.74, 6) is 0.644. The minimum atomic E-state index is -0.0841. The largest absolute Gasteiger partial charge is 0.353 e. The zero-order valence-corrected chi connectivity index (χ0v) is 10.1. The topological polar surface area (TPSA) is 55.1 Å². The van der Waals surface area contributed by atoms with Gasteiger partial charge in [0.2, 0.25) is 5.91 Å². The number of hydrogen-bond donors (Lipinski definition) is 2. The summed E-state index contributed by atoms with van der Waals surface area (Å²) in [6, 6.07) is 0.302. The molecule has 4 unspecified atom stereocenters. The quantitative estimate of drug-likeness (QED) is 0.747. The fourth-order valence-corrected chi connectivity index (χ4v) is 2.08. The van der Waals surface area contributed by atoms with E-state index < -0.39 is 0 Å². The molecule has 0 aromatic rings. The molecule has 0 aromatic carbocycles. The highest BCUT2D eigenvalue weighted by Crippen LogP contribution is 2.23. The Kier molecular flexibility index (Phi) is 4.58. The van der Waals surface area contributed by atoms with Crippen LogP contribution in [-0.4, -0.2) is 18.0 Å². The lowest BCUT2D eigenvalue weighted by Gasteiger charge is -2.31. The van der Waals surface area contributed by atoms with Gasteiger partial charge in [0.15, 0.2) is 0 Å². The maximum Gasteiger partial charge on any atom is 0.224 e. The van der Waals surface area contributed by atoms with Gasteiger partial charge in [0.05, 0.1) is 0 Å². The van der Waals surface area contributed by atoms with Crippen LogP contribution < -0.4 is 11.1 Å². The molecule has 0 heterocycles. The van der Waals surface area contributed by atoms with Crippen LogP contribution in [0.5, 0.6) is 0 Å². The van der Waals surface area contributed by atoms with Gasteiger partial charge in [-0.2, -0.15) is 0 Å². The Morgan fingerprint density at radius 2 is 1.93 bits per heavy atom. The SMILES string of the molecule is CC(N)C(C)C(=O)NC1CCCCC1C. The average Bonchev–Trinajstić information content (AvgIpc) is 2.20. The molecule has 3 N–H and O–H groups in total. The molecule has 4 atom stereocenters. The van der Waals surface area contributed by atoms with Crippen molar-refractivity contribution in [2.24, 2.45) is 17.6 Å². The molecule has 0 bridgehead atoms. The Bertz CT molecular complexity index is 216. The third kappa shape index (κ3) is 3.49. The second-order valence-electron chi connectivity index (χ2n) is 5.02. The predicted molar refractivity (Wildman–Crippen MR) is 62.4 cm³/mol. The first-order valence-corrected chi connectivity index (χ1v) is 6.08. The van der Waals surface area contributed by atoms with E-state index >= 15 is 0 Å². The minimum Gasteiger partial charge on any atom is -0.353 e. The van der Waals surface area contributed by atoms with Crippen LogP contribution in [0.25, 0.3) is 0 Å². The molecular weight excluding hydrogens is 188 g/mol. The predicted octanol–water partition coefficient (Wildman–Crippen LogP) is 1.66. The number of carbonyl (C=O) groups excluding carboxylic acids is 1. The molecule has 0 spiro atoms. The van der Waals surface area contributed by atoms with Crippen molar-refractivity contribution in [2.75, 3.05) is 0 Å². The standard InChI is InChI=1S/C12H24N2O/c1-8-6-4-5-7-11(8)14-12(15)9(2)10(3)13/h8-11H,4-7,13H2,1-3H3,(H,14,15). The fraction of sp³-hybridized carbons (Fsp3) is 0.917. The Hall–Kier alpha value is -0.570. The van der Waals surface area contributed by atoms with E-state index in [1.807, 2.05) is 13.8 Å². The second-order valence-corrected chi connectivity index (χ2v) is 5.02. The van der Waals surface area contributed by atoms with Crippen LogP contribution in [0, 0.1) is 11.8 Å². The summed E-state index contributed by atoms with van der Waals surface area (Å²) in [5, 5.41) is 3.13. The lowest BCUT2D eigenvalue weighted by atomic mass is 9.85. The molecular formula is C12H24N2O. The average molecular weight is 212 g/mol. The molecule has 3 nitrogen and oxygen atoms in total. The Balaban J connectivity index is 2.42. The molecule has 0 aliphatic heterocycles. The van der Waals surface area contributed by atoms with E-state index in [4.69, 9.17) is 5.73 Å². The van der Waals surface area contributed by atoms with Crippen molar-refractivity contribution in [2.45, 2.75) is 58.5 Å². The normalized spacial score (nSPS) is 30.7. The fourth-order valence-electron chi connectivity index (χ4n) is 2.08. The molecule has 1 saturated carbocycles. The summed E-state index contributed by atoms with van der Waals surface area (Å²) in [6.07, 6.45) is 4.90. The van der Waals surface area contributed by atoms with Crippen molar-refractivity contribution >= 4 is 5.91 Å². The summed E-state index contributed by atoms with van der Waals surface area (Å²) in [4.78, 5) is 11.8. The van der Waals surface area contributed by atoms with Gasteiger partial charge in [0.25, 0.3) is 0 Å². The molecule has 88 valence electrons. The Morgan fingerprint density at radius 1 is 1.33 bits per heavy atom. The lowest BCUT2D eigenvalue weighted by molar-refractivity contribution is -0.126. The van der Waals surface area contributed by atoms with E-state index in [1.54, 1.807) is 0 Å². The second kappa shape index (κ2) is 5.50. The molecule has 1 amide bonds. The molecule has 0 saturated heterocycles. The Labute approximate surface area is 92.8 Å². The zero-order valence-electron chi connectivity index (χ0n) is 10.1. The van der Waals surface area contributed by atoms with Gasteiger partial charge in [0, 0.05) is 18.0 Å². The van der Waals surface area contributed by atoms with Gasteiger partial charge >= 0.3 is 0 Å². The monoisotopic (exact) mass is 212 g/mol. The van der Waals surface area contributed by atoms with Crippen LogP contribution in [0.1, 0.15) is 46.5 Å². The van der Waals surface area contributed by atoms with Crippen molar-refractivity contribution in [3.05, 3.63) is 0 Å². The van der Waals surface area contributed by atoms with Crippen LogP contribution in [-0.2, 0) is 4.79 Å². The summed E-state index contributed by atoms with van der Waals surface area (Å²) in [7, 11) is 0. The van der Waals surface area contributed by atoms with Gasteiger partial charge in [-0.15, -0.1) is 0 Å². The van der Waals surface area contributed by atoms with E-state index in [0.717, 1.165) is 6.42 Å². The number of rotatable bonds is 3. The third-order valence-electron chi connectivity index (χ3n) is 3.64. The third-order valence-corrected chi connectivity index (χ3v) is 3.64. The van der Waals surface area contributed by atoms with Gasteiger partial charge in [-0.3, -0.25) is 4.79 Å². The molecule has 15 heavy (non-hydrogen) atoms. The summed E-state index contributed by atoms with van der Waals surface area (Å²) < 4.78 is 0. The lowest BCUT2D eigenvalue weighted by Crippen LogP contribution is -2.46. The first kappa shape index (κ1) is 12.5. The van der Waals surface area contributed by atoms with Crippen LogP contribution >= 0.6 is 0 Å². The van der Waals surface area contributed by atoms with Crippen LogP contribution in [0.3, 0.4) is 0 Å². The molecule has 1 aliphatic rings. The first-order chi connectivity index (χ1) is 7.02. The number of nitrogens with two attached hydrogens (primary N) is 1. The van der Waals surface area contributed by atoms with Crippen molar-refractivity contribution in [3.63, 3.8) is 0 Å². The molecule has 0 radical (unpaired) electrons. The van der Waals surface area contributed by atoms with Gasteiger partial charge in [-0.1, -0.05) is 26.7 Å². The number of amides is 1. The van der Waals surface area contributed by atoms with Gasteiger partial charge in [0.1, 0.15) is 0 Å². The van der Waals surface area contributed by atoms with Gasteiger partial charge < -0.3 is 11.1 Å². The van der Waals surface area contributed by atoms with Crippen molar-refractivity contribution in [1.29, 1.82) is 0 Å². The van der Waals surface area contributed by atoms with Gasteiger partial charge in [-0.05, 0) is 25.7 Å². The maximum absolute atomic E-state index is 11.8. The number of hydrogen-bond acceptors (Lipinski definition) is 2. The zero-order chi connectivity index (χ0) is 11.4. The van der Waals surface area contributed by atoms with Crippen LogP contribution in [0.15, 0.2) is 0 Å².